The first kappa shape index (κ1) is 21.5. The molecule has 0 unspecified atom stereocenters. The zero-order valence-electron chi connectivity index (χ0n) is 16.3. The van der Waals surface area contributed by atoms with Crippen LogP contribution in [0.15, 0.2) is 6.20 Å². The van der Waals surface area contributed by atoms with Crippen molar-refractivity contribution in [3.8, 4) is 0 Å². The highest BCUT2D eigenvalue weighted by molar-refractivity contribution is 5.76. The van der Waals surface area contributed by atoms with Gasteiger partial charge in [0, 0.05) is 18.2 Å². The predicted molar refractivity (Wildman–Crippen MR) is 105 cm³/mol. The summed E-state index contributed by atoms with van der Waals surface area (Å²) < 4.78 is 0. The Kier molecular flexibility index (Phi) is 11.8. The van der Waals surface area contributed by atoms with E-state index in [1.807, 2.05) is 0 Å². The number of imidazole rings is 1. The molecule has 0 radical (unpaired) electrons. The zero-order chi connectivity index (χ0) is 18.3. The highest BCUT2D eigenvalue weighted by atomic mass is 16.1. The SMILES string of the molecule is CCCCCCC(CCCCCC)NC(=O)CCCc1cnc(N)[nH]1. The number of nitrogen functional groups attached to an aromatic ring is 1. The molecular formula is C20H38N4O. The number of nitrogens with one attached hydrogen (secondary N) is 2. The molecule has 5 heteroatoms. The molecule has 5 nitrogen and oxygen atoms in total. The van der Waals surface area contributed by atoms with Crippen LogP contribution < -0.4 is 11.1 Å². The maximum Gasteiger partial charge on any atom is 0.220 e. The van der Waals surface area contributed by atoms with Gasteiger partial charge in [0.05, 0.1) is 6.20 Å². The van der Waals surface area contributed by atoms with Crippen molar-refractivity contribution in [1.29, 1.82) is 0 Å². The number of anilines is 1. The number of hydrogen-bond donors (Lipinski definition) is 3. The lowest BCUT2D eigenvalue weighted by molar-refractivity contribution is -0.122. The summed E-state index contributed by atoms with van der Waals surface area (Å²) in [6, 6.07) is 0.351. The lowest BCUT2D eigenvalue weighted by Gasteiger charge is -2.19. The average Bonchev–Trinajstić information content (AvgIpc) is 3.00. The fourth-order valence-corrected chi connectivity index (χ4v) is 3.17. The Morgan fingerprint density at radius 3 is 2.24 bits per heavy atom. The lowest BCUT2D eigenvalue weighted by Crippen LogP contribution is -2.34. The number of carbonyl (C=O) groups excluding carboxylic acids is 1. The number of aryl methyl sites for hydroxylation is 1. The van der Waals surface area contributed by atoms with Gasteiger partial charge in [0.15, 0.2) is 5.95 Å². The average molecular weight is 351 g/mol. The Balaban J connectivity index is 2.27. The molecule has 25 heavy (non-hydrogen) atoms. The lowest BCUT2D eigenvalue weighted by atomic mass is 10.0. The second-order valence-corrected chi connectivity index (χ2v) is 7.11. The summed E-state index contributed by atoms with van der Waals surface area (Å²) in [5, 5.41) is 3.27. The second-order valence-electron chi connectivity index (χ2n) is 7.11. The summed E-state index contributed by atoms with van der Waals surface area (Å²) in [6.45, 7) is 4.47. The van der Waals surface area contributed by atoms with Gasteiger partial charge in [-0.3, -0.25) is 4.79 Å². The third-order valence-electron chi connectivity index (χ3n) is 4.68. The summed E-state index contributed by atoms with van der Waals surface area (Å²) in [6.07, 6.45) is 16.3. The van der Waals surface area contributed by atoms with Gasteiger partial charge >= 0.3 is 0 Å². The molecule has 0 atom stereocenters. The van der Waals surface area contributed by atoms with Crippen LogP contribution in [0.4, 0.5) is 5.95 Å². The topological polar surface area (TPSA) is 83.8 Å². The highest BCUT2D eigenvalue weighted by Crippen LogP contribution is 2.13. The molecule has 0 saturated heterocycles. The largest absolute Gasteiger partial charge is 0.369 e. The molecule has 144 valence electrons. The normalized spacial score (nSPS) is 11.2. The first-order valence-electron chi connectivity index (χ1n) is 10.2. The zero-order valence-corrected chi connectivity index (χ0v) is 16.3. The van der Waals surface area contributed by atoms with E-state index in [4.69, 9.17) is 5.73 Å². The van der Waals surface area contributed by atoms with Crippen LogP contribution >= 0.6 is 0 Å². The number of carbonyl (C=O) groups is 1. The number of aromatic amines is 1. The van der Waals surface area contributed by atoms with E-state index in [1.165, 1.54) is 51.4 Å². The van der Waals surface area contributed by atoms with Crippen LogP contribution in [0.3, 0.4) is 0 Å². The highest BCUT2D eigenvalue weighted by Gasteiger charge is 2.12. The van der Waals surface area contributed by atoms with Crippen molar-refractivity contribution in [2.45, 2.75) is 103 Å². The molecule has 0 saturated carbocycles. The van der Waals surface area contributed by atoms with Gasteiger partial charge in [-0.15, -0.1) is 0 Å². The minimum Gasteiger partial charge on any atom is -0.369 e. The van der Waals surface area contributed by atoms with E-state index in [0.29, 0.717) is 18.4 Å². The van der Waals surface area contributed by atoms with E-state index in [0.717, 1.165) is 31.4 Å². The van der Waals surface area contributed by atoms with Crippen LogP contribution in [0.2, 0.25) is 0 Å². The van der Waals surface area contributed by atoms with Crippen molar-refractivity contribution in [2.75, 3.05) is 5.73 Å². The summed E-state index contributed by atoms with van der Waals surface area (Å²) in [5.74, 6) is 0.627. The molecule has 0 aromatic carbocycles. The second kappa shape index (κ2) is 13.7. The van der Waals surface area contributed by atoms with Crippen molar-refractivity contribution < 1.29 is 4.79 Å². The fourth-order valence-electron chi connectivity index (χ4n) is 3.17. The van der Waals surface area contributed by atoms with Gasteiger partial charge in [-0.05, 0) is 25.7 Å². The Hall–Kier alpha value is -1.52. The maximum absolute atomic E-state index is 12.3. The number of H-pyrrole nitrogens is 1. The quantitative estimate of drug-likeness (QED) is 0.399. The van der Waals surface area contributed by atoms with Crippen LogP contribution in [-0.2, 0) is 11.2 Å². The van der Waals surface area contributed by atoms with Crippen molar-refractivity contribution in [2.24, 2.45) is 0 Å². The summed E-state index contributed by atoms with van der Waals surface area (Å²) >= 11 is 0. The standard InChI is InChI=1S/C20H38N4O/c1-3-5-7-9-12-17(13-10-8-6-4-2)23-19(25)15-11-14-18-16-22-20(21)24-18/h16-17H,3-15H2,1-2H3,(H,23,25)(H3,21,22,24). The molecule has 4 N–H and O–H groups in total. The molecule has 1 heterocycles. The Labute approximate surface area is 153 Å². The van der Waals surface area contributed by atoms with E-state index in [-0.39, 0.29) is 5.91 Å². The number of aromatic nitrogens is 2. The number of nitrogens with zero attached hydrogens (tertiary/aromatic N) is 1. The van der Waals surface area contributed by atoms with Gasteiger partial charge in [-0.1, -0.05) is 65.2 Å². The number of amides is 1. The van der Waals surface area contributed by atoms with Gasteiger partial charge in [-0.2, -0.15) is 0 Å². The Morgan fingerprint density at radius 1 is 1.08 bits per heavy atom. The Morgan fingerprint density at radius 2 is 1.72 bits per heavy atom. The smallest absolute Gasteiger partial charge is 0.220 e. The Bertz CT molecular complexity index is 446. The molecule has 0 bridgehead atoms. The third kappa shape index (κ3) is 10.8. The van der Waals surface area contributed by atoms with Crippen molar-refractivity contribution in [3.05, 3.63) is 11.9 Å². The van der Waals surface area contributed by atoms with E-state index >= 15 is 0 Å². The number of nitrogens with two attached hydrogens (primary N) is 1. The number of hydrogen-bond acceptors (Lipinski definition) is 3. The molecule has 1 amide bonds. The predicted octanol–water partition coefficient (Wildman–Crippen LogP) is 4.74. The minimum atomic E-state index is 0.184. The van der Waals surface area contributed by atoms with Gasteiger partial charge in [-0.25, -0.2) is 4.98 Å². The molecule has 0 aliphatic heterocycles. The van der Waals surface area contributed by atoms with Crippen LogP contribution in [0.1, 0.15) is 96.6 Å². The minimum absolute atomic E-state index is 0.184. The molecule has 1 aromatic heterocycles. The molecule has 0 aliphatic carbocycles. The first-order valence-corrected chi connectivity index (χ1v) is 10.2. The van der Waals surface area contributed by atoms with E-state index in [1.54, 1.807) is 6.20 Å². The molecular weight excluding hydrogens is 312 g/mol. The number of rotatable bonds is 15. The summed E-state index contributed by atoms with van der Waals surface area (Å²) in [5.41, 5.74) is 6.57. The van der Waals surface area contributed by atoms with Gasteiger partial charge in [0.25, 0.3) is 0 Å². The first-order chi connectivity index (χ1) is 12.2. The molecule has 0 spiro atoms. The number of unbranched alkanes of at least 4 members (excludes halogenated alkanes) is 6. The van der Waals surface area contributed by atoms with E-state index in [2.05, 4.69) is 29.1 Å². The van der Waals surface area contributed by atoms with Crippen molar-refractivity contribution in [1.82, 2.24) is 15.3 Å². The molecule has 1 aromatic rings. The van der Waals surface area contributed by atoms with Gasteiger partial charge in [0.1, 0.15) is 0 Å². The van der Waals surface area contributed by atoms with Gasteiger partial charge in [0.2, 0.25) is 5.91 Å². The van der Waals surface area contributed by atoms with Crippen LogP contribution in [0.25, 0.3) is 0 Å². The van der Waals surface area contributed by atoms with E-state index in [9.17, 15) is 4.79 Å². The molecule has 0 fully saturated rings. The molecule has 1 rings (SSSR count). The maximum atomic E-state index is 12.3. The summed E-state index contributed by atoms with van der Waals surface area (Å²) in [4.78, 5) is 19.3. The fraction of sp³-hybridized carbons (Fsp3) is 0.800. The van der Waals surface area contributed by atoms with Crippen LogP contribution in [0.5, 0.6) is 0 Å². The van der Waals surface area contributed by atoms with Crippen LogP contribution in [0, 0.1) is 0 Å². The van der Waals surface area contributed by atoms with Crippen molar-refractivity contribution in [3.63, 3.8) is 0 Å². The third-order valence-corrected chi connectivity index (χ3v) is 4.68. The molecule has 0 aliphatic rings. The monoisotopic (exact) mass is 350 g/mol. The van der Waals surface area contributed by atoms with Crippen molar-refractivity contribution >= 4 is 11.9 Å². The summed E-state index contributed by atoms with van der Waals surface area (Å²) in [7, 11) is 0. The van der Waals surface area contributed by atoms with Gasteiger partial charge < -0.3 is 16.0 Å². The van der Waals surface area contributed by atoms with E-state index < -0.39 is 0 Å². The van der Waals surface area contributed by atoms with Crippen LogP contribution in [-0.4, -0.2) is 21.9 Å².